The fraction of sp³-hybridized carbons (Fsp3) is 0.800. The molecule has 0 aromatic carbocycles. The predicted molar refractivity (Wildman–Crippen MR) is 51.1 cm³/mol. The van der Waals surface area contributed by atoms with Crippen molar-refractivity contribution in [3.8, 4) is 0 Å². The Labute approximate surface area is 84.2 Å². The average molecular weight is 199 g/mol. The van der Waals surface area contributed by atoms with E-state index in [0.29, 0.717) is 19.4 Å². The van der Waals surface area contributed by atoms with Crippen molar-refractivity contribution < 1.29 is 14.4 Å². The molecular formula is C10H17NO3. The van der Waals surface area contributed by atoms with Gasteiger partial charge in [-0.15, -0.1) is 0 Å². The van der Waals surface area contributed by atoms with Crippen LogP contribution in [0.1, 0.15) is 40.0 Å². The van der Waals surface area contributed by atoms with Crippen molar-refractivity contribution in [3.63, 3.8) is 0 Å². The number of hydroxylamine groups is 2. The fourth-order valence-corrected chi connectivity index (χ4v) is 1.75. The Bertz CT molecular complexity index is 246. The van der Waals surface area contributed by atoms with E-state index in [1.807, 2.05) is 20.8 Å². The number of carbonyl (C=O) groups is 2. The van der Waals surface area contributed by atoms with E-state index < -0.39 is 5.41 Å². The molecule has 0 atom stereocenters. The summed E-state index contributed by atoms with van der Waals surface area (Å²) >= 11 is 0. The highest BCUT2D eigenvalue weighted by molar-refractivity contribution is 6.06. The molecule has 0 unspecified atom stereocenters. The molecule has 1 heterocycles. The summed E-state index contributed by atoms with van der Waals surface area (Å²) in [4.78, 5) is 28.4. The van der Waals surface area contributed by atoms with Gasteiger partial charge in [-0.25, -0.2) is 4.79 Å². The summed E-state index contributed by atoms with van der Waals surface area (Å²) < 4.78 is 0. The van der Waals surface area contributed by atoms with Gasteiger partial charge in [0.25, 0.3) is 5.91 Å². The Balaban J connectivity index is 2.89. The lowest BCUT2D eigenvalue weighted by Crippen LogP contribution is -2.36. The lowest BCUT2D eigenvalue weighted by Gasteiger charge is -2.17. The first-order valence-corrected chi connectivity index (χ1v) is 5.16. The summed E-state index contributed by atoms with van der Waals surface area (Å²) in [5.74, 6) is -0.560. The highest BCUT2D eigenvalue weighted by Gasteiger charge is 2.53. The van der Waals surface area contributed by atoms with Crippen molar-refractivity contribution in [2.45, 2.75) is 40.0 Å². The molecule has 1 fully saturated rings. The minimum atomic E-state index is -0.908. The highest BCUT2D eigenvalue weighted by Crippen LogP contribution is 2.36. The van der Waals surface area contributed by atoms with E-state index in [9.17, 15) is 9.59 Å². The molecule has 14 heavy (non-hydrogen) atoms. The van der Waals surface area contributed by atoms with Crippen LogP contribution in [0.3, 0.4) is 0 Å². The van der Waals surface area contributed by atoms with E-state index >= 15 is 0 Å². The highest BCUT2D eigenvalue weighted by atomic mass is 16.7. The molecule has 80 valence electrons. The zero-order valence-corrected chi connectivity index (χ0v) is 9.00. The van der Waals surface area contributed by atoms with Gasteiger partial charge < -0.3 is 4.84 Å². The van der Waals surface area contributed by atoms with Crippen LogP contribution >= 0.6 is 0 Å². The van der Waals surface area contributed by atoms with E-state index in [2.05, 4.69) is 0 Å². The van der Waals surface area contributed by atoms with Crippen molar-refractivity contribution in [1.82, 2.24) is 5.06 Å². The summed E-state index contributed by atoms with van der Waals surface area (Å²) in [7, 11) is 0. The second-order valence-electron chi connectivity index (χ2n) is 3.58. The summed E-state index contributed by atoms with van der Waals surface area (Å²) in [5, 5.41) is 1.20. The van der Waals surface area contributed by atoms with Crippen molar-refractivity contribution in [2.24, 2.45) is 5.41 Å². The smallest absolute Gasteiger partial charge is 0.337 e. The van der Waals surface area contributed by atoms with Crippen LogP contribution in [-0.2, 0) is 14.4 Å². The molecule has 1 amide bonds. The van der Waals surface area contributed by atoms with Gasteiger partial charge in [-0.1, -0.05) is 20.8 Å². The Morgan fingerprint density at radius 2 is 1.79 bits per heavy atom. The number of amides is 1. The summed E-state index contributed by atoms with van der Waals surface area (Å²) in [5.41, 5.74) is -0.908. The molecule has 0 N–H and O–H groups in total. The minimum Gasteiger partial charge on any atom is -0.337 e. The third kappa shape index (κ3) is 1.38. The molecule has 1 saturated heterocycles. The van der Waals surface area contributed by atoms with E-state index in [1.165, 1.54) is 5.06 Å². The van der Waals surface area contributed by atoms with Crippen LogP contribution in [0.4, 0.5) is 0 Å². The van der Waals surface area contributed by atoms with Gasteiger partial charge >= 0.3 is 5.97 Å². The maximum Gasteiger partial charge on any atom is 0.348 e. The molecule has 0 aliphatic carbocycles. The molecule has 1 aliphatic rings. The Morgan fingerprint density at radius 1 is 1.21 bits per heavy atom. The normalized spacial score (nSPS) is 20.1. The number of carbonyl (C=O) groups excluding carboxylic acids is 2. The van der Waals surface area contributed by atoms with Crippen molar-refractivity contribution >= 4 is 11.9 Å². The van der Waals surface area contributed by atoms with E-state index in [-0.39, 0.29) is 11.9 Å². The first-order valence-electron chi connectivity index (χ1n) is 5.16. The summed E-state index contributed by atoms with van der Waals surface area (Å²) in [6.07, 6.45) is 1.82. The predicted octanol–water partition coefficient (Wildman–Crippen LogP) is 1.50. The molecule has 4 heteroatoms. The van der Waals surface area contributed by atoms with Crippen molar-refractivity contribution in [1.29, 1.82) is 0 Å². The van der Waals surface area contributed by atoms with Crippen LogP contribution in [0.5, 0.6) is 0 Å². The second kappa shape index (κ2) is 3.98. The van der Waals surface area contributed by atoms with Crippen LogP contribution in [0.25, 0.3) is 0 Å². The number of rotatable bonds is 4. The third-order valence-corrected chi connectivity index (χ3v) is 2.85. The first-order chi connectivity index (χ1) is 6.62. The molecular weight excluding hydrogens is 182 g/mol. The van der Waals surface area contributed by atoms with Crippen molar-refractivity contribution in [3.05, 3.63) is 0 Å². The SMILES string of the molecule is CCCN1OC(=O)C(CC)(CC)C1=O. The maximum absolute atomic E-state index is 11.9. The monoisotopic (exact) mass is 199 g/mol. The maximum atomic E-state index is 11.9. The molecule has 1 aliphatic heterocycles. The van der Waals surface area contributed by atoms with Gasteiger partial charge in [-0.2, -0.15) is 5.06 Å². The van der Waals surface area contributed by atoms with Crippen LogP contribution < -0.4 is 0 Å². The molecule has 1 rings (SSSR count). The molecule has 0 bridgehead atoms. The Morgan fingerprint density at radius 3 is 2.14 bits per heavy atom. The average Bonchev–Trinajstić information content (AvgIpc) is 2.41. The van der Waals surface area contributed by atoms with Gasteiger partial charge in [0.05, 0.1) is 6.54 Å². The zero-order valence-electron chi connectivity index (χ0n) is 9.00. The van der Waals surface area contributed by atoms with Crippen LogP contribution in [0, 0.1) is 5.41 Å². The minimum absolute atomic E-state index is 0.172. The topological polar surface area (TPSA) is 46.6 Å². The van der Waals surface area contributed by atoms with Gasteiger partial charge in [0.1, 0.15) is 0 Å². The molecule has 4 nitrogen and oxygen atoms in total. The molecule has 0 aromatic rings. The first kappa shape index (κ1) is 11.0. The number of hydrogen-bond acceptors (Lipinski definition) is 3. The standard InChI is InChI=1S/C10H17NO3/c1-4-7-11-8(12)10(5-2,6-3)9(13)14-11/h4-7H2,1-3H3. The van der Waals surface area contributed by atoms with Gasteiger partial charge in [-0.3, -0.25) is 4.79 Å². The van der Waals surface area contributed by atoms with Gasteiger partial charge in [0, 0.05) is 0 Å². The number of hydrogen-bond donors (Lipinski definition) is 0. The van der Waals surface area contributed by atoms with E-state index in [1.54, 1.807) is 0 Å². The van der Waals surface area contributed by atoms with Crippen LogP contribution in [-0.4, -0.2) is 23.5 Å². The Kier molecular flexibility index (Phi) is 3.13. The van der Waals surface area contributed by atoms with Gasteiger partial charge in [0.15, 0.2) is 5.41 Å². The fourth-order valence-electron chi connectivity index (χ4n) is 1.75. The van der Waals surface area contributed by atoms with Gasteiger partial charge in [-0.05, 0) is 19.3 Å². The summed E-state index contributed by atoms with van der Waals surface area (Å²) in [6.45, 7) is 6.13. The quantitative estimate of drug-likeness (QED) is 0.645. The molecule has 0 radical (unpaired) electrons. The van der Waals surface area contributed by atoms with Crippen LogP contribution in [0.15, 0.2) is 0 Å². The number of nitrogens with zero attached hydrogens (tertiary/aromatic N) is 1. The summed E-state index contributed by atoms with van der Waals surface area (Å²) in [6, 6.07) is 0. The largest absolute Gasteiger partial charge is 0.348 e. The third-order valence-electron chi connectivity index (χ3n) is 2.85. The van der Waals surface area contributed by atoms with Crippen molar-refractivity contribution in [2.75, 3.05) is 6.54 Å². The zero-order chi connectivity index (χ0) is 10.8. The van der Waals surface area contributed by atoms with Crippen LogP contribution in [0.2, 0.25) is 0 Å². The van der Waals surface area contributed by atoms with Gasteiger partial charge in [0.2, 0.25) is 0 Å². The second-order valence-corrected chi connectivity index (χ2v) is 3.58. The Hall–Kier alpha value is -1.06. The molecule has 0 aromatic heterocycles. The lowest BCUT2D eigenvalue weighted by molar-refractivity contribution is -0.178. The molecule has 0 spiro atoms. The van der Waals surface area contributed by atoms with E-state index in [0.717, 1.165) is 6.42 Å². The van der Waals surface area contributed by atoms with E-state index in [4.69, 9.17) is 4.84 Å². The molecule has 0 saturated carbocycles. The lowest BCUT2D eigenvalue weighted by atomic mass is 9.82.